The Morgan fingerprint density at radius 2 is 2.31 bits per heavy atom. The predicted molar refractivity (Wildman–Crippen MR) is 64.3 cm³/mol. The molecule has 5 nitrogen and oxygen atoms in total. The van der Waals surface area contributed by atoms with Crippen LogP contribution in [0.2, 0.25) is 0 Å². The highest BCUT2D eigenvalue weighted by molar-refractivity contribution is 9.10. The van der Waals surface area contributed by atoms with Gasteiger partial charge in [0.25, 0.3) is 0 Å². The topological polar surface area (TPSA) is 75.1 Å². The second kappa shape index (κ2) is 4.58. The van der Waals surface area contributed by atoms with Crippen LogP contribution in [-0.4, -0.2) is 21.3 Å². The normalized spacial score (nSPS) is 10.1. The first-order valence-corrected chi connectivity index (χ1v) is 5.90. The van der Waals surface area contributed by atoms with Crippen LogP contribution in [0.1, 0.15) is 10.4 Å². The fraction of sp³-hybridized carbons (Fsp3) is 0. The third-order valence-electron chi connectivity index (χ3n) is 1.82. The van der Waals surface area contributed by atoms with Gasteiger partial charge in [-0.2, -0.15) is 0 Å². The smallest absolute Gasteiger partial charge is 0.335 e. The summed E-state index contributed by atoms with van der Waals surface area (Å²) in [5, 5.41) is 20.0. The van der Waals surface area contributed by atoms with Crippen LogP contribution >= 0.6 is 27.3 Å². The average molecular weight is 300 g/mol. The number of benzene rings is 1. The number of hydrogen-bond acceptors (Lipinski definition) is 5. The summed E-state index contributed by atoms with van der Waals surface area (Å²) in [5.74, 6) is -0.955. The van der Waals surface area contributed by atoms with Gasteiger partial charge in [-0.3, -0.25) is 0 Å². The highest BCUT2D eigenvalue weighted by Crippen LogP contribution is 2.27. The standard InChI is InChI=1S/C9H6BrN3O2S/c10-6-3-5(8(14)15)1-2-7(6)12-9-13-11-4-16-9/h1-4H,(H,12,13)(H,14,15). The molecule has 2 aromatic rings. The molecule has 0 aliphatic heterocycles. The van der Waals surface area contributed by atoms with E-state index in [0.717, 1.165) is 5.69 Å². The molecular weight excluding hydrogens is 294 g/mol. The number of nitrogens with one attached hydrogen (secondary N) is 1. The van der Waals surface area contributed by atoms with Gasteiger partial charge in [0.15, 0.2) is 0 Å². The quantitative estimate of drug-likeness (QED) is 0.911. The minimum Gasteiger partial charge on any atom is -0.478 e. The number of nitrogens with zero attached hydrogens (tertiary/aromatic N) is 2. The van der Waals surface area contributed by atoms with E-state index in [9.17, 15) is 4.79 Å². The number of hydrogen-bond donors (Lipinski definition) is 2. The third-order valence-corrected chi connectivity index (χ3v) is 3.08. The maximum Gasteiger partial charge on any atom is 0.335 e. The first kappa shape index (κ1) is 11.0. The van der Waals surface area contributed by atoms with Gasteiger partial charge in [0.05, 0.1) is 11.3 Å². The number of carboxylic acids is 1. The zero-order valence-corrected chi connectivity index (χ0v) is 10.2. The van der Waals surface area contributed by atoms with Crippen LogP contribution < -0.4 is 5.32 Å². The Kier molecular flexibility index (Phi) is 3.16. The molecule has 2 rings (SSSR count). The van der Waals surface area contributed by atoms with Crippen LogP contribution in [0.25, 0.3) is 0 Å². The van der Waals surface area contributed by atoms with Crippen molar-refractivity contribution in [3.05, 3.63) is 33.7 Å². The number of anilines is 2. The monoisotopic (exact) mass is 299 g/mol. The summed E-state index contributed by atoms with van der Waals surface area (Å²) in [5.41, 5.74) is 2.60. The van der Waals surface area contributed by atoms with Crippen molar-refractivity contribution in [2.75, 3.05) is 5.32 Å². The molecule has 16 heavy (non-hydrogen) atoms. The van der Waals surface area contributed by atoms with Crippen molar-refractivity contribution in [1.82, 2.24) is 10.2 Å². The molecule has 1 heterocycles. The number of halogens is 1. The first-order valence-electron chi connectivity index (χ1n) is 4.23. The van der Waals surface area contributed by atoms with Crippen LogP contribution in [0.3, 0.4) is 0 Å². The molecule has 0 saturated heterocycles. The van der Waals surface area contributed by atoms with E-state index in [1.807, 2.05) is 0 Å². The van der Waals surface area contributed by atoms with E-state index in [1.165, 1.54) is 23.5 Å². The van der Waals surface area contributed by atoms with Crippen LogP contribution in [0, 0.1) is 0 Å². The van der Waals surface area contributed by atoms with Gasteiger partial charge in [0, 0.05) is 4.47 Å². The molecule has 1 aromatic carbocycles. The van der Waals surface area contributed by atoms with Gasteiger partial charge in [0.2, 0.25) is 5.13 Å². The van der Waals surface area contributed by atoms with Crippen molar-refractivity contribution in [1.29, 1.82) is 0 Å². The van der Waals surface area contributed by atoms with E-state index in [2.05, 4.69) is 31.4 Å². The molecular formula is C9H6BrN3O2S. The zero-order chi connectivity index (χ0) is 11.5. The summed E-state index contributed by atoms with van der Waals surface area (Å²) in [7, 11) is 0. The highest BCUT2D eigenvalue weighted by atomic mass is 79.9. The highest BCUT2D eigenvalue weighted by Gasteiger charge is 2.07. The molecule has 0 spiro atoms. The molecule has 0 atom stereocenters. The van der Waals surface area contributed by atoms with Crippen molar-refractivity contribution < 1.29 is 9.90 Å². The molecule has 0 fully saturated rings. The summed E-state index contributed by atoms with van der Waals surface area (Å²) in [6.45, 7) is 0. The minimum absolute atomic E-state index is 0.231. The lowest BCUT2D eigenvalue weighted by Gasteiger charge is -2.05. The van der Waals surface area contributed by atoms with Crippen LogP contribution in [0.5, 0.6) is 0 Å². The van der Waals surface area contributed by atoms with E-state index in [-0.39, 0.29) is 5.56 Å². The fourth-order valence-electron chi connectivity index (χ4n) is 1.09. The van der Waals surface area contributed by atoms with Gasteiger partial charge in [0.1, 0.15) is 5.51 Å². The Hall–Kier alpha value is -1.47. The Balaban J connectivity index is 2.26. The van der Waals surface area contributed by atoms with Crippen molar-refractivity contribution in [3.63, 3.8) is 0 Å². The Bertz CT molecular complexity index is 515. The predicted octanol–water partition coefficient (Wildman–Crippen LogP) is 2.74. The Labute approximate surface area is 103 Å². The summed E-state index contributed by atoms with van der Waals surface area (Å²) >= 11 is 4.66. The molecule has 82 valence electrons. The van der Waals surface area contributed by atoms with Crippen molar-refractivity contribution >= 4 is 44.1 Å². The number of aromatic nitrogens is 2. The molecule has 7 heteroatoms. The molecule has 0 radical (unpaired) electrons. The minimum atomic E-state index is -0.955. The van der Waals surface area contributed by atoms with Crippen LogP contribution in [0.15, 0.2) is 28.2 Å². The number of carboxylic acid groups (broad SMARTS) is 1. The van der Waals surface area contributed by atoms with Crippen molar-refractivity contribution in [3.8, 4) is 0 Å². The molecule has 1 aromatic heterocycles. The molecule has 0 saturated carbocycles. The van der Waals surface area contributed by atoms with E-state index >= 15 is 0 Å². The molecule has 0 amide bonds. The van der Waals surface area contributed by atoms with E-state index in [0.29, 0.717) is 9.60 Å². The van der Waals surface area contributed by atoms with Crippen LogP contribution in [-0.2, 0) is 0 Å². The van der Waals surface area contributed by atoms with Gasteiger partial charge in [-0.15, -0.1) is 10.2 Å². The SMILES string of the molecule is O=C(O)c1ccc(Nc2nncs2)c(Br)c1. The molecule has 0 aliphatic carbocycles. The molecule has 2 N–H and O–H groups in total. The lowest BCUT2D eigenvalue weighted by molar-refractivity contribution is 0.0697. The summed E-state index contributed by atoms with van der Waals surface area (Å²) in [6.07, 6.45) is 0. The maximum absolute atomic E-state index is 10.7. The number of carbonyl (C=O) groups is 1. The summed E-state index contributed by atoms with van der Waals surface area (Å²) in [6, 6.07) is 4.73. The van der Waals surface area contributed by atoms with Gasteiger partial charge in [-0.25, -0.2) is 4.79 Å². The van der Waals surface area contributed by atoms with Gasteiger partial charge >= 0.3 is 5.97 Å². The first-order chi connectivity index (χ1) is 7.66. The lowest BCUT2D eigenvalue weighted by atomic mass is 10.2. The maximum atomic E-state index is 10.7. The second-order valence-corrected chi connectivity index (χ2v) is 4.56. The summed E-state index contributed by atoms with van der Waals surface area (Å²) in [4.78, 5) is 10.7. The third kappa shape index (κ3) is 2.37. The molecule has 0 aliphatic rings. The van der Waals surface area contributed by atoms with Crippen molar-refractivity contribution in [2.24, 2.45) is 0 Å². The van der Waals surface area contributed by atoms with Crippen LogP contribution in [0.4, 0.5) is 10.8 Å². The Morgan fingerprint density at radius 3 is 2.88 bits per heavy atom. The largest absolute Gasteiger partial charge is 0.478 e. The van der Waals surface area contributed by atoms with E-state index in [1.54, 1.807) is 11.6 Å². The number of aromatic carboxylic acids is 1. The average Bonchev–Trinajstić information content (AvgIpc) is 2.73. The van der Waals surface area contributed by atoms with E-state index < -0.39 is 5.97 Å². The molecule has 0 bridgehead atoms. The fourth-order valence-corrected chi connectivity index (χ4v) is 2.03. The summed E-state index contributed by atoms with van der Waals surface area (Å²) < 4.78 is 0.669. The van der Waals surface area contributed by atoms with E-state index in [4.69, 9.17) is 5.11 Å². The molecule has 0 unspecified atom stereocenters. The van der Waals surface area contributed by atoms with Gasteiger partial charge in [-0.05, 0) is 34.1 Å². The second-order valence-electron chi connectivity index (χ2n) is 2.87. The van der Waals surface area contributed by atoms with Crippen molar-refractivity contribution in [2.45, 2.75) is 0 Å². The zero-order valence-electron chi connectivity index (χ0n) is 7.85. The van der Waals surface area contributed by atoms with Gasteiger partial charge < -0.3 is 10.4 Å². The number of rotatable bonds is 3. The Morgan fingerprint density at radius 1 is 1.50 bits per heavy atom. The van der Waals surface area contributed by atoms with Gasteiger partial charge in [-0.1, -0.05) is 11.3 Å². The lowest BCUT2D eigenvalue weighted by Crippen LogP contribution is -1.97.